The molecule has 2 amide bonds. The van der Waals surface area contributed by atoms with E-state index in [1.165, 1.54) is 4.90 Å². The number of piperazine rings is 1. The quantitative estimate of drug-likeness (QED) is 0.648. The van der Waals surface area contributed by atoms with Crippen molar-refractivity contribution in [2.75, 3.05) is 44.2 Å². The molecule has 0 radical (unpaired) electrons. The highest BCUT2D eigenvalue weighted by molar-refractivity contribution is 6.15. The van der Waals surface area contributed by atoms with E-state index in [4.69, 9.17) is 4.74 Å². The van der Waals surface area contributed by atoms with Crippen molar-refractivity contribution in [3.05, 3.63) is 48.1 Å². The van der Waals surface area contributed by atoms with Crippen LogP contribution in [-0.4, -0.2) is 67.0 Å². The van der Waals surface area contributed by atoms with E-state index in [1.807, 2.05) is 38.1 Å². The van der Waals surface area contributed by atoms with Crippen molar-refractivity contribution in [1.82, 2.24) is 9.80 Å². The van der Waals surface area contributed by atoms with Gasteiger partial charge in [0.15, 0.2) is 0 Å². The molecule has 0 aromatic heterocycles. The van der Waals surface area contributed by atoms with Gasteiger partial charge in [0.1, 0.15) is 5.75 Å². The Bertz CT molecular complexity index is 853. The lowest BCUT2D eigenvalue weighted by Crippen LogP contribution is -2.47. The summed E-state index contributed by atoms with van der Waals surface area (Å²) in [5.41, 5.74) is 1.82. The van der Waals surface area contributed by atoms with Crippen molar-refractivity contribution in [3.8, 4) is 5.75 Å². The molecule has 1 atom stereocenters. The van der Waals surface area contributed by atoms with Gasteiger partial charge in [-0.05, 0) is 45.4 Å². The zero-order valence-corrected chi connectivity index (χ0v) is 17.9. The first kappa shape index (κ1) is 20.7. The molecule has 1 unspecified atom stereocenters. The Hall–Kier alpha value is -2.60. The highest BCUT2D eigenvalue weighted by Crippen LogP contribution is 2.32. The van der Waals surface area contributed by atoms with Crippen LogP contribution in [0.25, 0.3) is 0 Å². The number of ether oxygens (including phenoxy) is 1. The molecule has 2 fully saturated rings. The summed E-state index contributed by atoms with van der Waals surface area (Å²) in [6.07, 6.45) is 7.26. The Morgan fingerprint density at radius 3 is 2.57 bits per heavy atom. The summed E-state index contributed by atoms with van der Waals surface area (Å²) in [7, 11) is 0. The normalized spacial score (nSPS) is 22.0. The molecule has 0 bridgehead atoms. The van der Waals surface area contributed by atoms with Crippen molar-refractivity contribution in [2.24, 2.45) is 5.92 Å². The molecule has 1 aromatic carbocycles. The fourth-order valence-electron chi connectivity index (χ4n) is 4.48. The minimum absolute atomic E-state index is 0.0258. The number of benzene rings is 1. The first-order valence-corrected chi connectivity index (χ1v) is 11.0. The van der Waals surface area contributed by atoms with E-state index in [1.54, 1.807) is 6.08 Å². The number of anilines is 1. The predicted molar refractivity (Wildman–Crippen MR) is 118 cm³/mol. The number of para-hydroxylation sites is 2. The lowest BCUT2D eigenvalue weighted by atomic mass is 9.94. The Morgan fingerprint density at radius 1 is 1.07 bits per heavy atom. The minimum Gasteiger partial charge on any atom is -0.489 e. The molecule has 6 nitrogen and oxygen atoms in total. The van der Waals surface area contributed by atoms with E-state index in [0.717, 1.165) is 50.6 Å². The minimum atomic E-state index is -0.251. The number of carbonyl (C=O) groups excluding carboxylic acids is 2. The molecule has 1 aromatic rings. The van der Waals surface area contributed by atoms with Crippen molar-refractivity contribution in [3.63, 3.8) is 0 Å². The average Bonchev–Trinajstić information content (AvgIpc) is 2.99. The molecule has 1 aliphatic carbocycles. The van der Waals surface area contributed by atoms with Gasteiger partial charge in [-0.2, -0.15) is 0 Å². The largest absolute Gasteiger partial charge is 0.489 e. The number of carbonyl (C=O) groups is 2. The average molecular weight is 410 g/mol. The number of fused-ring (bicyclic) bond motifs is 1. The highest BCUT2D eigenvalue weighted by atomic mass is 16.5. The van der Waals surface area contributed by atoms with Gasteiger partial charge in [-0.1, -0.05) is 30.4 Å². The van der Waals surface area contributed by atoms with Gasteiger partial charge in [0.25, 0.3) is 5.91 Å². The van der Waals surface area contributed by atoms with Gasteiger partial charge >= 0.3 is 0 Å². The highest BCUT2D eigenvalue weighted by Gasteiger charge is 2.42. The molecule has 2 aliphatic heterocycles. The number of hydrogen-bond donors (Lipinski definition) is 0. The number of hydrogen-bond acceptors (Lipinski definition) is 5. The van der Waals surface area contributed by atoms with E-state index >= 15 is 0 Å². The molecular weight excluding hydrogens is 378 g/mol. The fourth-order valence-corrected chi connectivity index (χ4v) is 4.48. The van der Waals surface area contributed by atoms with E-state index < -0.39 is 0 Å². The second-order valence-corrected chi connectivity index (χ2v) is 8.45. The second-order valence-electron chi connectivity index (χ2n) is 8.45. The Kier molecular flexibility index (Phi) is 6.23. The van der Waals surface area contributed by atoms with Crippen LogP contribution in [-0.2, 0) is 9.59 Å². The van der Waals surface area contributed by atoms with Crippen LogP contribution in [0.15, 0.2) is 48.1 Å². The number of allylic oxidation sites excluding steroid dienone is 3. The number of imide groups is 1. The van der Waals surface area contributed by atoms with Crippen LogP contribution in [0.3, 0.4) is 0 Å². The Labute approximate surface area is 178 Å². The van der Waals surface area contributed by atoms with Gasteiger partial charge in [-0.25, -0.2) is 0 Å². The van der Waals surface area contributed by atoms with Gasteiger partial charge < -0.3 is 9.64 Å². The summed E-state index contributed by atoms with van der Waals surface area (Å²) in [4.78, 5) is 31.3. The summed E-state index contributed by atoms with van der Waals surface area (Å²) in [5, 5.41) is 0. The van der Waals surface area contributed by atoms with Crippen LogP contribution in [0.5, 0.6) is 5.75 Å². The third kappa shape index (κ3) is 4.29. The third-order valence-corrected chi connectivity index (χ3v) is 6.01. The number of amides is 2. The smallest absolute Gasteiger partial charge is 0.257 e. The molecule has 3 aliphatic rings. The van der Waals surface area contributed by atoms with Crippen LogP contribution < -0.4 is 9.64 Å². The van der Waals surface area contributed by atoms with Crippen LogP contribution in [0.2, 0.25) is 0 Å². The van der Waals surface area contributed by atoms with Crippen molar-refractivity contribution >= 4 is 17.5 Å². The maximum absolute atomic E-state index is 12.5. The maximum Gasteiger partial charge on any atom is 0.257 e. The van der Waals surface area contributed by atoms with Gasteiger partial charge in [0.2, 0.25) is 5.91 Å². The Balaban J connectivity index is 1.25. The molecular formula is C24H31N3O3. The van der Waals surface area contributed by atoms with Crippen molar-refractivity contribution in [1.29, 1.82) is 0 Å². The van der Waals surface area contributed by atoms with Crippen molar-refractivity contribution in [2.45, 2.75) is 32.8 Å². The maximum atomic E-state index is 12.5. The van der Waals surface area contributed by atoms with Gasteiger partial charge in [0, 0.05) is 38.3 Å². The molecule has 0 saturated carbocycles. The molecule has 0 spiro atoms. The first-order chi connectivity index (χ1) is 14.5. The van der Waals surface area contributed by atoms with E-state index in [9.17, 15) is 9.59 Å². The molecule has 0 N–H and O–H groups in total. The molecule has 6 heteroatoms. The number of rotatable bonds is 7. The summed E-state index contributed by atoms with van der Waals surface area (Å²) in [5.74, 6) is 0.569. The van der Waals surface area contributed by atoms with E-state index in [-0.39, 0.29) is 23.8 Å². The SMILES string of the molecule is CC(C)Oc1ccccc1N1CCN(CCCN2C(=O)C3=CC=CCC3C2=O)CC1. The van der Waals surface area contributed by atoms with Crippen LogP contribution in [0.4, 0.5) is 5.69 Å². The van der Waals surface area contributed by atoms with E-state index in [2.05, 4.69) is 21.9 Å². The van der Waals surface area contributed by atoms with Gasteiger partial charge in [0.05, 0.1) is 17.7 Å². The molecule has 2 heterocycles. The molecule has 4 rings (SSSR count). The molecule has 160 valence electrons. The van der Waals surface area contributed by atoms with Crippen molar-refractivity contribution < 1.29 is 14.3 Å². The van der Waals surface area contributed by atoms with Gasteiger partial charge in [-0.15, -0.1) is 0 Å². The standard InChI is InChI=1S/C24H31N3O3/c1-18(2)30-22-11-6-5-10-21(22)26-16-14-25(15-17-26)12-7-13-27-23(28)19-8-3-4-9-20(19)24(27)29/h3-6,8,10-11,18,20H,7,9,12-17H2,1-2H3. The molecule has 2 saturated heterocycles. The first-order valence-electron chi connectivity index (χ1n) is 11.0. The number of likely N-dealkylation sites (tertiary alicyclic amines) is 1. The lowest BCUT2D eigenvalue weighted by Gasteiger charge is -2.37. The fraction of sp³-hybridized carbons (Fsp3) is 0.500. The Morgan fingerprint density at radius 2 is 1.83 bits per heavy atom. The number of nitrogens with zero attached hydrogens (tertiary/aromatic N) is 3. The van der Waals surface area contributed by atoms with Crippen LogP contribution in [0, 0.1) is 5.92 Å². The lowest BCUT2D eigenvalue weighted by molar-refractivity contribution is -0.139. The van der Waals surface area contributed by atoms with E-state index in [0.29, 0.717) is 18.5 Å². The molecule has 30 heavy (non-hydrogen) atoms. The summed E-state index contributed by atoms with van der Waals surface area (Å²) >= 11 is 0. The summed E-state index contributed by atoms with van der Waals surface area (Å²) < 4.78 is 5.97. The zero-order valence-electron chi connectivity index (χ0n) is 17.9. The topological polar surface area (TPSA) is 53.1 Å². The van der Waals surface area contributed by atoms with Crippen LogP contribution >= 0.6 is 0 Å². The van der Waals surface area contributed by atoms with Crippen LogP contribution in [0.1, 0.15) is 26.7 Å². The predicted octanol–water partition coefficient (Wildman–Crippen LogP) is 2.86. The summed E-state index contributed by atoms with van der Waals surface area (Å²) in [6, 6.07) is 8.23. The third-order valence-electron chi connectivity index (χ3n) is 6.01. The monoisotopic (exact) mass is 409 g/mol. The summed E-state index contributed by atoms with van der Waals surface area (Å²) in [6.45, 7) is 9.33. The zero-order chi connectivity index (χ0) is 21.1. The second kappa shape index (κ2) is 9.04. The van der Waals surface area contributed by atoms with Gasteiger partial charge in [-0.3, -0.25) is 19.4 Å².